The number of nitrogens with one attached hydrogen (secondary N) is 1. The van der Waals surface area contributed by atoms with Gasteiger partial charge in [-0.3, -0.25) is 0 Å². The van der Waals surface area contributed by atoms with Gasteiger partial charge in [-0.05, 0) is 31.0 Å². The summed E-state index contributed by atoms with van der Waals surface area (Å²) in [6.07, 6.45) is 0.830. The minimum absolute atomic E-state index is 0.123. The Morgan fingerprint density at radius 3 is 2.78 bits per heavy atom. The Morgan fingerprint density at radius 1 is 1.30 bits per heavy atom. The van der Waals surface area contributed by atoms with Crippen LogP contribution in [0.25, 0.3) is 0 Å². The highest BCUT2D eigenvalue weighted by molar-refractivity contribution is 8.01. The zero-order valence-electron chi connectivity index (χ0n) is 13.2. The van der Waals surface area contributed by atoms with E-state index >= 15 is 0 Å². The summed E-state index contributed by atoms with van der Waals surface area (Å²) >= 11 is 2.88. The number of ether oxygens (including phenoxy) is 2. The lowest BCUT2D eigenvalue weighted by Gasteiger charge is -2.09. The van der Waals surface area contributed by atoms with Crippen LogP contribution in [0.1, 0.15) is 12.5 Å². The predicted octanol–water partition coefficient (Wildman–Crippen LogP) is 3.21. The zero-order valence-corrected chi connectivity index (χ0v) is 14.8. The van der Waals surface area contributed by atoms with Gasteiger partial charge in [0.25, 0.3) is 0 Å². The summed E-state index contributed by atoms with van der Waals surface area (Å²) in [6, 6.07) is 8.05. The number of anilines is 1. The van der Waals surface area contributed by atoms with Crippen molar-refractivity contribution in [2.24, 2.45) is 0 Å². The van der Waals surface area contributed by atoms with E-state index in [1.54, 1.807) is 14.2 Å². The number of hydrogen-bond acceptors (Lipinski definition) is 8. The van der Waals surface area contributed by atoms with E-state index in [0.29, 0.717) is 0 Å². The smallest absolute Gasteiger partial charge is 0.206 e. The summed E-state index contributed by atoms with van der Waals surface area (Å²) in [5, 5.41) is 20.8. The second-order valence-electron chi connectivity index (χ2n) is 4.63. The first-order valence-corrected chi connectivity index (χ1v) is 8.70. The molecule has 1 aromatic heterocycles. The van der Waals surface area contributed by atoms with Crippen molar-refractivity contribution in [2.75, 3.05) is 26.1 Å². The number of aromatic nitrogens is 2. The van der Waals surface area contributed by atoms with Crippen molar-refractivity contribution in [3.8, 4) is 17.6 Å². The molecule has 0 aliphatic rings. The van der Waals surface area contributed by atoms with Crippen LogP contribution in [0, 0.1) is 11.3 Å². The number of nitrogens with zero attached hydrogens (tertiary/aromatic N) is 3. The Kier molecular flexibility index (Phi) is 6.50. The first-order chi connectivity index (χ1) is 11.2. The van der Waals surface area contributed by atoms with Gasteiger partial charge in [0, 0.05) is 6.54 Å². The number of nitriles is 1. The van der Waals surface area contributed by atoms with Gasteiger partial charge in [0.05, 0.1) is 25.5 Å². The first-order valence-electron chi connectivity index (χ1n) is 7.00. The van der Waals surface area contributed by atoms with Crippen LogP contribution < -0.4 is 14.8 Å². The fraction of sp³-hybridized carbons (Fsp3) is 0.400. The second-order valence-corrected chi connectivity index (χ2v) is 7.19. The Labute approximate surface area is 143 Å². The molecule has 0 radical (unpaired) electrons. The van der Waals surface area contributed by atoms with Gasteiger partial charge in [0.1, 0.15) is 0 Å². The number of rotatable bonds is 8. The van der Waals surface area contributed by atoms with Gasteiger partial charge in [0.15, 0.2) is 15.8 Å². The summed E-state index contributed by atoms with van der Waals surface area (Å²) < 4.78 is 11.3. The van der Waals surface area contributed by atoms with E-state index in [1.165, 1.54) is 23.1 Å². The molecule has 122 valence electrons. The summed E-state index contributed by atoms with van der Waals surface area (Å²) in [7, 11) is 3.25. The molecule has 8 heteroatoms. The highest BCUT2D eigenvalue weighted by Crippen LogP contribution is 2.29. The largest absolute Gasteiger partial charge is 0.493 e. The van der Waals surface area contributed by atoms with Crippen molar-refractivity contribution >= 4 is 28.2 Å². The van der Waals surface area contributed by atoms with E-state index in [2.05, 4.69) is 21.6 Å². The van der Waals surface area contributed by atoms with Crippen molar-refractivity contribution in [3.63, 3.8) is 0 Å². The fourth-order valence-corrected chi connectivity index (χ4v) is 3.66. The van der Waals surface area contributed by atoms with Gasteiger partial charge >= 0.3 is 0 Å². The summed E-state index contributed by atoms with van der Waals surface area (Å²) in [5.41, 5.74) is 1.15. The molecule has 0 unspecified atom stereocenters. The maximum Gasteiger partial charge on any atom is 0.206 e. The zero-order chi connectivity index (χ0) is 16.7. The van der Waals surface area contributed by atoms with Gasteiger partial charge in [-0.2, -0.15) is 5.26 Å². The lowest BCUT2D eigenvalue weighted by atomic mass is 10.1. The van der Waals surface area contributed by atoms with Crippen LogP contribution in [0.4, 0.5) is 5.13 Å². The van der Waals surface area contributed by atoms with Crippen LogP contribution in [0.15, 0.2) is 22.5 Å². The van der Waals surface area contributed by atoms with E-state index < -0.39 is 0 Å². The summed E-state index contributed by atoms with van der Waals surface area (Å²) in [5.74, 6) is 1.45. The minimum atomic E-state index is -0.123. The molecule has 1 N–H and O–H groups in total. The molecule has 2 aromatic rings. The van der Waals surface area contributed by atoms with Crippen molar-refractivity contribution < 1.29 is 9.47 Å². The van der Waals surface area contributed by atoms with Gasteiger partial charge < -0.3 is 14.8 Å². The molecule has 0 bridgehead atoms. The van der Waals surface area contributed by atoms with Crippen LogP contribution in [0.3, 0.4) is 0 Å². The molecule has 0 saturated carbocycles. The molecule has 1 aromatic carbocycles. The van der Waals surface area contributed by atoms with Gasteiger partial charge in [-0.25, -0.2) is 0 Å². The summed E-state index contributed by atoms with van der Waals surface area (Å²) in [4.78, 5) is 0. The number of benzene rings is 1. The average Bonchev–Trinajstić information content (AvgIpc) is 3.01. The lowest BCUT2D eigenvalue weighted by molar-refractivity contribution is 0.354. The van der Waals surface area contributed by atoms with E-state index in [1.807, 2.05) is 25.1 Å². The van der Waals surface area contributed by atoms with Crippen molar-refractivity contribution in [2.45, 2.75) is 22.9 Å². The highest BCUT2D eigenvalue weighted by Gasteiger charge is 2.09. The molecule has 1 atom stereocenters. The van der Waals surface area contributed by atoms with E-state index in [-0.39, 0.29) is 5.25 Å². The van der Waals surface area contributed by atoms with Crippen molar-refractivity contribution in [1.82, 2.24) is 10.2 Å². The van der Waals surface area contributed by atoms with Gasteiger partial charge in [-0.15, -0.1) is 10.2 Å². The maximum atomic E-state index is 8.80. The Hall–Kier alpha value is -1.98. The SMILES string of the molecule is COc1ccc(CCNc2nnc(S[C@@H](C)C#N)s2)cc1OC. The van der Waals surface area contributed by atoms with E-state index in [4.69, 9.17) is 14.7 Å². The second kappa shape index (κ2) is 8.60. The van der Waals surface area contributed by atoms with E-state index in [0.717, 1.165) is 39.5 Å². The Bertz CT molecular complexity index is 684. The van der Waals surface area contributed by atoms with Gasteiger partial charge in [0.2, 0.25) is 5.13 Å². The third-order valence-electron chi connectivity index (χ3n) is 3.00. The number of hydrogen-bond donors (Lipinski definition) is 1. The molecule has 2 rings (SSSR count). The Morgan fingerprint density at radius 2 is 2.09 bits per heavy atom. The minimum Gasteiger partial charge on any atom is -0.493 e. The van der Waals surface area contributed by atoms with Crippen LogP contribution in [0.2, 0.25) is 0 Å². The number of methoxy groups -OCH3 is 2. The molecule has 0 spiro atoms. The van der Waals surface area contributed by atoms with Crippen LogP contribution >= 0.6 is 23.1 Å². The molecule has 0 fully saturated rings. The average molecular weight is 350 g/mol. The maximum absolute atomic E-state index is 8.80. The first kappa shape index (κ1) is 17.4. The predicted molar refractivity (Wildman–Crippen MR) is 92.6 cm³/mol. The normalized spacial score (nSPS) is 11.6. The van der Waals surface area contributed by atoms with Crippen molar-refractivity contribution in [3.05, 3.63) is 23.8 Å². The van der Waals surface area contributed by atoms with Crippen LogP contribution in [0.5, 0.6) is 11.5 Å². The molecular weight excluding hydrogens is 332 g/mol. The molecule has 23 heavy (non-hydrogen) atoms. The third-order valence-corrected chi connectivity index (χ3v) is 4.96. The summed E-state index contributed by atoms with van der Waals surface area (Å²) in [6.45, 7) is 2.58. The quantitative estimate of drug-likeness (QED) is 0.732. The molecule has 0 saturated heterocycles. The molecule has 0 amide bonds. The third kappa shape index (κ3) is 5.01. The number of thioether (sulfide) groups is 1. The topological polar surface area (TPSA) is 80.1 Å². The fourth-order valence-electron chi connectivity index (χ4n) is 1.86. The molecule has 6 nitrogen and oxygen atoms in total. The van der Waals surface area contributed by atoms with Crippen molar-refractivity contribution in [1.29, 1.82) is 5.26 Å². The molecule has 0 aliphatic carbocycles. The molecule has 1 heterocycles. The molecular formula is C15H18N4O2S2. The monoisotopic (exact) mass is 350 g/mol. The Balaban J connectivity index is 1.87. The van der Waals surface area contributed by atoms with Crippen LogP contribution in [-0.2, 0) is 6.42 Å². The van der Waals surface area contributed by atoms with Gasteiger partial charge in [-0.1, -0.05) is 29.2 Å². The van der Waals surface area contributed by atoms with E-state index in [9.17, 15) is 0 Å². The highest BCUT2D eigenvalue weighted by atomic mass is 32.2. The lowest BCUT2D eigenvalue weighted by Crippen LogP contribution is -2.04. The van der Waals surface area contributed by atoms with Crippen LogP contribution in [-0.4, -0.2) is 36.2 Å². The molecule has 0 aliphatic heterocycles. The standard InChI is InChI=1S/C15H18N4O2S2/c1-10(9-16)22-15-19-18-14(23-15)17-7-6-11-4-5-12(20-2)13(8-11)21-3/h4-5,8,10H,6-7H2,1-3H3,(H,17,18)/t10-/m0/s1.